The predicted molar refractivity (Wildman–Crippen MR) is 91.4 cm³/mol. The number of aryl methyl sites for hydroxylation is 1. The number of hydrogen-bond donors (Lipinski definition) is 2. The van der Waals surface area contributed by atoms with E-state index in [0.29, 0.717) is 11.3 Å². The van der Waals surface area contributed by atoms with Crippen molar-refractivity contribution in [3.05, 3.63) is 63.2 Å². The van der Waals surface area contributed by atoms with Gasteiger partial charge in [0.15, 0.2) is 6.61 Å². The zero-order chi connectivity index (χ0) is 15.9. The maximum absolute atomic E-state index is 11.9. The van der Waals surface area contributed by atoms with Gasteiger partial charge in [0.05, 0.1) is 5.56 Å². The Morgan fingerprint density at radius 3 is 2.41 bits per heavy atom. The average molecular weight is 410 g/mol. The first-order valence-electron chi connectivity index (χ1n) is 6.59. The van der Waals surface area contributed by atoms with E-state index in [1.54, 1.807) is 24.3 Å². The molecule has 2 rings (SSSR count). The number of carbonyl (C=O) groups excluding carboxylic acids is 2. The minimum atomic E-state index is -0.431. The molecule has 0 heterocycles. The van der Waals surface area contributed by atoms with Crippen LogP contribution in [0.4, 0.5) is 0 Å². The Bertz CT molecular complexity index is 671. The van der Waals surface area contributed by atoms with Gasteiger partial charge >= 0.3 is 0 Å². The lowest BCUT2D eigenvalue weighted by Crippen LogP contribution is -2.44. The Hall–Kier alpha value is -2.09. The van der Waals surface area contributed by atoms with Crippen molar-refractivity contribution in [1.82, 2.24) is 10.9 Å². The van der Waals surface area contributed by atoms with Crippen LogP contribution >= 0.6 is 22.6 Å². The van der Waals surface area contributed by atoms with Crippen LogP contribution in [0.2, 0.25) is 0 Å². The first-order chi connectivity index (χ1) is 10.6. The van der Waals surface area contributed by atoms with E-state index in [1.165, 1.54) is 0 Å². The number of nitrogens with one attached hydrogen (secondary N) is 2. The standard InChI is InChI=1S/C16H15IN2O3/c1-11-6-8-12(9-7-11)22-10-15(20)18-19-16(21)13-4-2-3-5-14(13)17/h2-9H,10H2,1H3,(H,18,20)(H,19,21). The zero-order valence-electron chi connectivity index (χ0n) is 11.9. The molecular formula is C16H15IN2O3. The van der Waals surface area contributed by atoms with Crippen LogP contribution in [-0.4, -0.2) is 18.4 Å². The van der Waals surface area contributed by atoms with E-state index in [1.807, 2.05) is 31.2 Å². The van der Waals surface area contributed by atoms with E-state index in [4.69, 9.17) is 4.74 Å². The molecular weight excluding hydrogens is 395 g/mol. The summed E-state index contributed by atoms with van der Waals surface area (Å²) >= 11 is 2.06. The number of rotatable bonds is 4. The summed E-state index contributed by atoms with van der Waals surface area (Å²) in [6.07, 6.45) is 0. The Labute approximate surface area is 142 Å². The Kier molecular flexibility index (Phi) is 5.76. The van der Waals surface area contributed by atoms with Gasteiger partial charge in [-0.05, 0) is 53.8 Å². The molecule has 0 spiro atoms. The molecule has 0 atom stereocenters. The topological polar surface area (TPSA) is 67.4 Å². The summed E-state index contributed by atoms with van der Waals surface area (Å²) in [6, 6.07) is 14.5. The molecule has 6 heteroatoms. The van der Waals surface area contributed by atoms with Crippen LogP contribution in [0.3, 0.4) is 0 Å². The molecule has 0 bridgehead atoms. The van der Waals surface area contributed by atoms with Gasteiger partial charge in [-0.15, -0.1) is 0 Å². The second-order valence-electron chi connectivity index (χ2n) is 4.58. The molecule has 2 amide bonds. The smallest absolute Gasteiger partial charge is 0.276 e. The van der Waals surface area contributed by atoms with Crippen LogP contribution in [-0.2, 0) is 4.79 Å². The second-order valence-corrected chi connectivity index (χ2v) is 5.75. The van der Waals surface area contributed by atoms with Crippen LogP contribution in [0.25, 0.3) is 0 Å². The van der Waals surface area contributed by atoms with Crippen molar-refractivity contribution in [2.24, 2.45) is 0 Å². The molecule has 0 aliphatic carbocycles. The lowest BCUT2D eigenvalue weighted by molar-refractivity contribution is -0.123. The summed E-state index contributed by atoms with van der Waals surface area (Å²) < 4.78 is 6.13. The van der Waals surface area contributed by atoms with Gasteiger partial charge in [-0.25, -0.2) is 0 Å². The van der Waals surface area contributed by atoms with Gasteiger partial charge in [-0.1, -0.05) is 29.8 Å². The van der Waals surface area contributed by atoms with Crippen LogP contribution in [0.15, 0.2) is 48.5 Å². The molecule has 0 fully saturated rings. The number of hydrazine groups is 1. The van der Waals surface area contributed by atoms with E-state index < -0.39 is 5.91 Å². The summed E-state index contributed by atoms with van der Waals surface area (Å²) in [5.41, 5.74) is 6.30. The molecule has 0 saturated heterocycles. The molecule has 0 aliphatic heterocycles. The van der Waals surface area contributed by atoms with Crippen LogP contribution < -0.4 is 15.6 Å². The maximum Gasteiger partial charge on any atom is 0.276 e. The minimum absolute atomic E-state index is 0.171. The number of amides is 2. The highest BCUT2D eigenvalue weighted by atomic mass is 127. The number of carbonyl (C=O) groups is 2. The Balaban J connectivity index is 1.79. The third-order valence-corrected chi connectivity index (χ3v) is 3.77. The highest BCUT2D eigenvalue weighted by Gasteiger charge is 2.10. The predicted octanol–water partition coefficient (Wildman–Crippen LogP) is 2.44. The number of halogens is 1. The summed E-state index contributed by atoms with van der Waals surface area (Å²) in [5, 5.41) is 0. The van der Waals surface area contributed by atoms with Crippen molar-refractivity contribution in [2.45, 2.75) is 6.92 Å². The van der Waals surface area contributed by atoms with Crippen molar-refractivity contribution >= 4 is 34.4 Å². The molecule has 0 radical (unpaired) electrons. The third kappa shape index (κ3) is 4.73. The molecule has 22 heavy (non-hydrogen) atoms. The van der Waals surface area contributed by atoms with Crippen molar-refractivity contribution in [1.29, 1.82) is 0 Å². The lowest BCUT2D eigenvalue weighted by Gasteiger charge is -2.09. The first-order valence-corrected chi connectivity index (χ1v) is 7.67. The van der Waals surface area contributed by atoms with Gasteiger partial charge < -0.3 is 4.74 Å². The Morgan fingerprint density at radius 2 is 1.73 bits per heavy atom. The molecule has 2 N–H and O–H groups in total. The highest BCUT2D eigenvalue weighted by molar-refractivity contribution is 14.1. The minimum Gasteiger partial charge on any atom is -0.484 e. The van der Waals surface area contributed by atoms with Gasteiger partial charge in [0.25, 0.3) is 11.8 Å². The number of ether oxygens (including phenoxy) is 1. The monoisotopic (exact) mass is 410 g/mol. The Morgan fingerprint density at radius 1 is 1.05 bits per heavy atom. The largest absolute Gasteiger partial charge is 0.484 e. The summed E-state index contributed by atoms with van der Waals surface area (Å²) in [7, 11) is 0. The third-order valence-electron chi connectivity index (χ3n) is 2.82. The first kappa shape index (κ1) is 16.3. The summed E-state index contributed by atoms with van der Waals surface area (Å²) in [4.78, 5) is 23.6. The molecule has 2 aromatic carbocycles. The van der Waals surface area contributed by atoms with Crippen LogP contribution in [0, 0.1) is 10.5 Å². The van der Waals surface area contributed by atoms with Gasteiger partial charge in [-0.2, -0.15) is 0 Å². The van der Waals surface area contributed by atoms with Crippen molar-refractivity contribution in [2.75, 3.05) is 6.61 Å². The van der Waals surface area contributed by atoms with Gasteiger partial charge in [-0.3, -0.25) is 20.4 Å². The van der Waals surface area contributed by atoms with Crippen LogP contribution in [0.5, 0.6) is 5.75 Å². The quantitative estimate of drug-likeness (QED) is 0.601. The molecule has 0 unspecified atom stereocenters. The van der Waals surface area contributed by atoms with Crippen LogP contribution in [0.1, 0.15) is 15.9 Å². The normalized spacial score (nSPS) is 9.91. The van der Waals surface area contributed by atoms with E-state index in [-0.39, 0.29) is 12.5 Å². The van der Waals surface area contributed by atoms with E-state index in [0.717, 1.165) is 9.13 Å². The van der Waals surface area contributed by atoms with E-state index >= 15 is 0 Å². The van der Waals surface area contributed by atoms with Gasteiger partial charge in [0.2, 0.25) is 0 Å². The number of benzene rings is 2. The van der Waals surface area contributed by atoms with E-state index in [9.17, 15) is 9.59 Å². The molecule has 0 aliphatic rings. The average Bonchev–Trinajstić information content (AvgIpc) is 2.52. The molecule has 5 nitrogen and oxygen atoms in total. The fourth-order valence-corrected chi connectivity index (χ4v) is 2.29. The highest BCUT2D eigenvalue weighted by Crippen LogP contribution is 2.11. The fourth-order valence-electron chi connectivity index (χ4n) is 1.66. The van der Waals surface area contributed by atoms with Crippen molar-refractivity contribution in [3.63, 3.8) is 0 Å². The SMILES string of the molecule is Cc1ccc(OCC(=O)NNC(=O)c2ccccc2I)cc1. The summed E-state index contributed by atoms with van der Waals surface area (Å²) in [5.74, 6) is -0.196. The molecule has 0 aromatic heterocycles. The lowest BCUT2D eigenvalue weighted by atomic mass is 10.2. The zero-order valence-corrected chi connectivity index (χ0v) is 14.1. The second kappa shape index (κ2) is 7.79. The van der Waals surface area contributed by atoms with Crippen molar-refractivity contribution in [3.8, 4) is 5.75 Å². The fraction of sp³-hybridized carbons (Fsp3) is 0.125. The molecule has 114 valence electrons. The van der Waals surface area contributed by atoms with Gasteiger partial charge in [0, 0.05) is 3.57 Å². The molecule has 0 saturated carbocycles. The maximum atomic E-state index is 11.9. The number of hydrogen-bond acceptors (Lipinski definition) is 3. The van der Waals surface area contributed by atoms with E-state index in [2.05, 4.69) is 33.4 Å². The van der Waals surface area contributed by atoms with Crippen molar-refractivity contribution < 1.29 is 14.3 Å². The molecule has 2 aromatic rings. The summed E-state index contributed by atoms with van der Waals surface area (Å²) in [6.45, 7) is 1.80. The van der Waals surface area contributed by atoms with Gasteiger partial charge in [0.1, 0.15) is 5.75 Å².